The highest BCUT2D eigenvalue weighted by atomic mass is 19.4. The highest BCUT2D eigenvalue weighted by Gasteiger charge is 2.44. The van der Waals surface area contributed by atoms with Gasteiger partial charge < -0.3 is 10.6 Å². The molecule has 0 aliphatic heterocycles. The zero-order valence-corrected chi connectivity index (χ0v) is 14.8. The van der Waals surface area contributed by atoms with Gasteiger partial charge in [-0.2, -0.15) is 23.0 Å². The maximum atomic E-state index is 12.6. The summed E-state index contributed by atoms with van der Waals surface area (Å²) in [5.41, 5.74) is 0.923. The van der Waals surface area contributed by atoms with E-state index in [0.717, 1.165) is 11.6 Å². The lowest BCUT2D eigenvalue weighted by Gasteiger charge is -2.13. The second kappa shape index (κ2) is 8.51. The van der Waals surface area contributed by atoms with Gasteiger partial charge in [0.05, 0.1) is 5.69 Å². The first kappa shape index (κ1) is 20.9. The second-order valence-electron chi connectivity index (χ2n) is 5.74. The number of rotatable bonds is 6. The van der Waals surface area contributed by atoms with Gasteiger partial charge in [0.1, 0.15) is 11.7 Å². The highest BCUT2D eigenvalue weighted by Crippen LogP contribution is 2.24. The van der Waals surface area contributed by atoms with E-state index in [1.807, 2.05) is 0 Å². The quantitative estimate of drug-likeness (QED) is 0.582. The molecule has 0 fully saturated rings. The van der Waals surface area contributed by atoms with Crippen LogP contribution in [-0.4, -0.2) is 40.2 Å². The molecule has 0 bridgehead atoms. The molecule has 10 heteroatoms. The highest BCUT2D eigenvalue weighted by molar-refractivity contribution is 6.09. The maximum Gasteiger partial charge on any atom is 0.450 e. The summed E-state index contributed by atoms with van der Waals surface area (Å²) < 4.78 is 38.5. The topological polar surface area (TPSA) is 93.1 Å². The smallest absolute Gasteiger partial charge is 0.333 e. The molecule has 1 atom stereocenters. The van der Waals surface area contributed by atoms with Crippen molar-refractivity contribution in [1.82, 2.24) is 15.1 Å². The molecule has 2 rings (SSSR count). The van der Waals surface area contributed by atoms with Gasteiger partial charge in [-0.3, -0.25) is 9.59 Å². The molecule has 1 aromatic heterocycles. The molecule has 0 spiro atoms. The van der Waals surface area contributed by atoms with E-state index in [1.54, 1.807) is 30.3 Å². The zero-order valence-electron chi connectivity index (χ0n) is 14.8. The third kappa shape index (κ3) is 4.84. The molecule has 148 valence electrons. The van der Waals surface area contributed by atoms with Crippen LogP contribution < -0.4 is 10.6 Å². The van der Waals surface area contributed by atoms with Gasteiger partial charge in [0.15, 0.2) is 0 Å². The van der Waals surface area contributed by atoms with Crippen LogP contribution in [0.3, 0.4) is 0 Å². The number of benzene rings is 1. The van der Waals surface area contributed by atoms with Crippen molar-refractivity contribution in [1.29, 1.82) is 0 Å². The standard InChI is InChI=1S/C18H17F3N4O3/c1-3-9-22-17(28)25-14(10-13(24-25)12-7-5-4-6-8-12)23-16(27)11(2)15(26)18(19,20)21/h3-8,10-11H,1,9H2,2H3,(H,22,28)(H,23,27). The summed E-state index contributed by atoms with van der Waals surface area (Å²) in [4.78, 5) is 35.7. The molecule has 28 heavy (non-hydrogen) atoms. The molecule has 0 radical (unpaired) electrons. The minimum absolute atomic E-state index is 0.107. The van der Waals surface area contributed by atoms with Crippen molar-refractivity contribution in [3.05, 3.63) is 49.1 Å². The van der Waals surface area contributed by atoms with Crippen molar-refractivity contribution in [2.45, 2.75) is 13.1 Å². The Morgan fingerprint density at radius 1 is 1.25 bits per heavy atom. The fraction of sp³-hybridized carbons (Fsp3) is 0.222. The largest absolute Gasteiger partial charge is 0.450 e. The lowest BCUT2D eigenvalue weighted by atomic mass is 10.1. The number of aromatic nitrogens is 2. The van der Waals surface area contributed by atoms with Gasteiger partial charge in [0, 0.05) is 18.2 Å². The number of ketones is 1. The Kier molecular flexibility index (Phi) is 6.34. The second-order valence-corrected chi connectivity index (χ2v) is 5.74. The number of hydrogen-bond acceptors (Lipinski definition) is 4. The third-order valence-corrected chi connectivity index (χ3v) is 3.69. The SMILES string of the molecule is C=CCNC(=O)n1nc(-c2ccccc2)cc1NC(=O)C(C)C(=O)C(F)(F)F. The molecule has 1 aromatic carbocycles. The van der Waals surface area contributed by atoms with Crippen LogP contribution in [0.4, 0.5) is 23.8 Å². The number of Topliss-reactive ketones (excluding diaryl/α,β-unsaturated/α-hetero) is 1. The number of carbonyl (C=O) groups excluding carboxylic acids is 3. The Labute approximate surface area is 158 Å². The summed E-state index contributed by atoms with van der Waals surface area (Å²) >= 11 is 0. The molecule has 2 N–H and O–H groups in total. The number of nitrogens with one attached hydrogen (secondary N) is 2. The summed E-state index contributed by atoms with van der Waals surface area (Å²) in [5.74, 6) is -5.55. The molecule has 0 aliphatic carbocycles. The van der Waals surface area contributed by atoms with Crippen molar-refractivity contribution >= 4 is 23.5 Å². The Hall–Kier alpha value is -3.43. The molecule has 0 saturated heterocycles. The minimum Gasteiger partial charge on any atom is -0.333 e. The summed E-state index contributed by atoms with van der Waals surface area (Å²) in [7, 11) is 0. The van der Waals surface area contributed by atoms with E-state index in [-0.39, 0.29) is 12.4 Å². The van der Waals surface area contributed by atoms with Crippen molar-refractivity contribution < 1.29 is 27.6 Å². The summed E-state index contributed by atoms with van der Waals surface area (Å²) in [6.07, 6.45) is -3.73. The van der Waals surface area contributed by atoms with Gasteiger partial charge in [0.2, 0.25) is 11.7 Å². The molecule has 7 nitrogen and oxygen atoms in total. The van der Waals surface area contributed by atoms with Gasteiger partial charge in [-0.15, -0.1) is 6.58 Å². The average molecular weight is 394 g/mol. The van der Waals surface area contributed by atoms with Gasteiger partial charge in [0.25, 0.3) is 0 Å². The van der Waals surface area contributed by atoms with Gasteiger partial charge in [-0.1, -0.05) is 36.4 Å². The molecular formula is C18H17F3N4O3. The number of halogens is 3. The van der Waals surface area contributed by atoms with E-state index < -0.39 is 29.8 Å². The molecule has 0 aliphatic rings. The van der Waals surface area contributed by atoms with Crippen LogP contribution in [-0.2, 0) is 9.59 Å². The van der Waals surface area contributed by atoms with Crippen LogP contribution in [0.2, 0.25) is 0 Å². The first-order chi connectivity index (χ1) is 13.1. The Morgan fingerprint density at radius 3 is 2.46 bits per heavy atom. The van der Waals surface area contributed by atoms with Crippen LogP contribution in [0.1, 0.15) is 6.92 Å². The number of amides is 2. The van der Waals surface area contributed by atoms with E-state index in [1.165, 1.54) is 12.1 Å². The van der Waals surface area contributed by atoms with Crippen LogP contribution in [0.25, 0.3) is 11.3 Å². The molecule has 1 heterocycles. The number of nitrogens with zero attached hydrogens (tertiary/aromatic N) is 2. The number of anilines is 1. The van der Waals surface area contributed by atoms with Crippen molar-refractivity contribution in [3.63, 3.8) is 0 Å². The monoisotopic (exact) mass is 394 g/mol. The Morgan fingerprint density at radius 2 is 1.89 bits per heavy atom. The first-order valence-electron chi connectivity index (χ1n) is 8.11. The normalized spacial score (nSPS) is 12.1. The van der Waals surface area contributed by atoms with Crippen molar-refractivity contribution in [2.24, 2.45) is 5.92 Å². The number of hydrogen-bond donors (Lipinski definition) is 2. The summed E-state index contributed by atoms with van der Waals surface area (Å²) in [6.45, 7) is 4.40. The van der Waals surface area contributed by atoms with Crippen molar-refractivity contribution in [3.8, 4) is 11.3 Å². The number of alkyl halides is 3. The van der Waals surface area contributed by atoms with E-state index in [4.69, 9.17) is 0 Å². The van der Waals surface area contributed by atoms with E-state index in [0.29, 0.717) is 11.3 Å². The third-order valence-electron chi connectivity index (χ3n) is 3.69. The molecular weight excluding hydrogens is 377 g/mol. The van der Waals surface area contributed by atoms with Crippen LogP contribution >= 0.6 is 0 Å². The molecule has 0 saturated carbocycles. The van der Waals surface area contributed by atoms with Gasteiger partial charge >= 0.3 is 12.2 Å². The number of carbonyl (C=O) groups is 3. The maximum absolute atomic E-state index is 12.6. The fourth-order valence-corrected chi connectivity index (χ4v) is 2.21. The minimum atomic E-state index is -5.15. The van der Waals surface area contributed by atoms with Gasteiger partial charge in [-0.25, -0.2) is 4.79 Å². The van der Waals surface area contributed by atoms with Gasteiger partial charge in [-0.05, 0) is 6.92 Å². The van der Waals surface area contributed by atoms with Crippen LogP contribution in [0.5, 0.6) is 0 Å². The fourth-order valence-electron chi connectivity index (χ4n) is 2.21. The summed E-state index contributed by atoms with van der Waals surface area (Å²) in [5, 5.41) is 8.70. The van der Waals surface area contributed by atoms with Crippen molar-refractivity contribution in [2.75, 3.05) is 11.9 Å². The predicted octanol–water partition coefficient (Wildman–Crippen LogP) is 3.00. The first-order valence-corrected chi connectivity index (χ1v) is 8.11. The van der Waals surface area contributed by atoms with Crippen LogP contribution in [0, 0.1) is 5.92 Å². The molecule has 2 amide bonds. The predicted molar refractivity (Wildman–Crippen MR) is 95.5 cm³/mol. The lowest BCUT2D eigenvalue weighted by molar-refractivity contribution is -0.175. The average Bonchev–Trinajstić information content (AvgIpc) is 3.08. The summed E-state index contributed by atoms with van der Waals surface area (Å²) in [6, 6.07) is 9.23. The Bertz CT molecular complexity index is 891. The van der Waals surface area contributed by atoms with E-state index in [2.05, 4.69) is 22.3 Å². The molecule has 1 unspecified atom stereocenters. The molecule has 2 aromatic rings. The van der Waals surface area contributed by atoms with Crippen LogP contribution in [0.15, 0.2) is 49.1 Å². The van der Waals surface area contributed by atoms with E-state index >= 15 is 0 Å². The van der Waals surface area contributed by atoms with E-state index in [9.17, 15) is 27.6 Å². The zero-order chi connectivity index (χ0) is 20.9. The lowest BCUT2D eigenvalue weighted by Crippen LogP contribution is -2.37. The Balaban J connectivity index is 2.34.